The van der Waals surface area contributed by atoms with Gasteiger partial charge in [0.25, 0.3) is 16.7 Å². The lowest BCUT2D eigenvalue weighted by Gasteiger charge is -2.43. The van der Waals surface area contributed by atoms with E-state index in [1.54, 1.807) is 29.2 Å². The molecule has 40 heavy (non-hydrogen) atoms. The van der Waals surface area contributed by atoms with Gasteiger partial charge in [0, 0.05) is 54.6 Å². The van der Waals surface area contributed by atoms with E-state index in [4.69, 9.17) is 4.42 Å². The predicted molar refractivity (Wildman–Crippen MR) is 143 cm³/mol. The number of thioether (sulfide) groups is 1. The maximum atomic E-state index is 15.3. The predicted octanol–water partition coefficient (Wildman–Crippen LogP) is 3.52. The fraction of sp³-hybridized carbons (Fsp3) is 0.370. The molecule has 9 nitrogen and oxygen atoms in total. The molecular weight excluding hydrogens is 545 g/mol. The molecule has 0 amide bonds. The molecule has 2 aromatic heterocycles. The second-order valence-electron chi connectivity index (χ2n) is 10.3. The third-order valence-electron chi connectivity index (χ3n) is 7.96. The van der Waals surface area contributed by atoms with Crippen molar-refractivity contribution in [3.8, 4) is 11.5 Å². The average molecular weight is 569 g/mol. The molecule has 0 unspecified atom stereocenters. The van der Waals surface area contributed by atoms with Crippen LogP contribution in [0.25, 0.3) is 11.5 Å². The lowest BCUT2D eigenvalue weighted by Crippen LogP contribution is -2.56. The first kappa shape index (κ1) is 25.3. The van der Waals surface area contributed by atoms with Crippen LogP contribution in [0.15, 0.2) is 56.6 Å². The van der Waals surface area contributed by atoms with Gasteiger partial charge in [-0.15, -0.1) is 10.2 Å². The van der Waals surface area contributed by atoms with E-state index in [1.807, 2.05) is 17.8 Å². The van der Waals surface area contributed by atoms with Crippen molar-refractivity contribution in [2.24, 2.45) is 0 Å². The van der Waals surface area contributed by atoms with Gasteiger partial charge >= 0.3 is 6.43 Å². The summed E-state index contributed by atoms with van der Waals surface area (Å²) in [6.45, 7) is 1.41. The highest BCUT2D eigenvalue weighted by Crippen LogP contribution is 2.42. The first-order chi connectivity index (χ1) is 19.4. The van der Waals surface area contributed by atoms with Gasteiger partial charge in [-0.3, -0.25) is 19.5 Å². The van der Waals surface area contributed by atoms with Crippen molar-refractivity contribution in [3.63, 3.8) is 0 Å². The minimum absolute atomic E-state index is 0.00296. The Bertz CT molecular complexity index is 1640. The first-order valence-corrected chi connectivity index (χ1v) is 14.1. The molecule has 0 radical (unpaired) electrons. The average Bonchev–Trinajstić information content (AvgIpc) is 3.67. The molecule has 3 aliphatic heterocycles. The number of benzene rings is 1. The third-order valence-corrected chi connectivity index (χ3v) is 9.20. The summed E-state index contributed by atoms with van der Waals surface area (Å²) in [6, 6.07) is 11.1. The highest BCUT2D eigenvalue weighted by atomic mass is 32.2. The molecule has 13 heteroatoms. The van der Waals surface area contributed by atoms with Gasteiger partial charge in [0.1, 0.15) is 17.2 Å². The maximum Gasteiger partial charge on any atom is 0.314 e. The molecule has 2 aromatic carbocycles. The Morgan fingerprint density at radius 2 is 1.85 bits per heavy atom. The van der Waals surface area contributed by atoms with E-state index in [0.717, 1.165) is 30.5 Å². The highest BCUT2D eigenvalue weighted by Gasteiger charge is 2.49. The maximum absolute atomic E-state index is 15.3. The van der Waals surface area contributed by atoms with E-state index in [9.17, 15) is 18.4 Å². The van der Waals surface area contributed by atoms with Crippen molar-refractivity contribution in [3.05, 3.63) is 80.4 Å². The molecular formula is C27H23F3N6O3S. The summed E-state index contributed by atoms with van der Waals surface area (Å²) in [7, 11) is 0. The van der Waals surface area contributed by atoms with Crippen LogP contribution in [0.3, 0.4) is 0 Å². The summed E-state index contributed by atoms with van der Waals surface area (Å²) in [5.74, 6) is 0.371. The molecule has 0 spiro atoms. The fourth-order valence-corrected chi connectivity index (χ4v) is 6.74. The van der Waals surface area contributed by atoms with Crippen molar-refractivity contribution in [2.45, 2.75) is 37.5 Å². The lowest BCUT2D eigenvalue weighted by atomic mass is 10.1. The van der Waals surface area contributed by atoms with Crippen LogP contribution in [0, 0.1) is 5.82 Å². The second kappa shape index (κ2) is 9.73. The third kappa shape index (κ3) is 4.10. The number of nitrogens with zero attached hydrogens (tertiary/aromatic N) is 6. The number of hydrogen-bond donors (Lipinski definition) is 0. The first-order valence-electron chi connectivity index (χ1n) is 12.9. The molecule has 3 saturated heterocycles. The molecule has 5 heterocycles. The van der Waals surface area contributed by atoms with Crippen LogP contribution in [0.5, 0.6) is 0 Å². The Morgan fingerprint density at radius 3 is 2.48 bits per heavy atom. The van der Waals surface area contributed by atoms with E-state index in [1.165, 1.54) is 6.20 Å². The van der Waals surface area contributed by atoms with Crippen LogP contribution in [-0.4, -0.2) is 62.8 Å². The summed E-state index contributed by atoms with van der Waals surface area (Å²) in [4.78, 5) is 36.4. The Morgan fingerprint density at radius 1 is 1.05 bits per heavy atom. The van der Waals surface area contributed by atoms with Gasteiger partial charge in [-0.2, -0.15) is 20.5 Å². The van der Waals surface area contributed by atoms with Gasteiger partial charge in [-0.25, -0.2) is 4.39 Å². The second-order valence-corrected chi connectivity index (χ2v) is 11.3. The zero-order chi connectivity index (χ0) is 27.5. The molecule has 3 fully saturated rings. The van der Waals surface area contributed by atoms with E-state index in [-0.39, 0.29) is 35.4 Å². The number of para-hydroxylation sites is 1. The minimum atomic E-state index is -2.95. The Kier molecular flexibility index (Phi) is 6.15. The molecule has 0 saturated carbocycles. The number of likely N-dealkylation sites (tertiary alicyclic amines) is 1. The van der Waals surface area contributed by atoms with Gasteiger partial charge in [0.15, 0.2) is 0 Å². The van der Waals surface area contributed by atoms with Gasteiger partial charge in [0.2, 0.25) is 5.89 Å². The van der Waals surface area contributed by atoms with Gasteiger partial charge < -0.3 is 14.2 Å². The normalized spacial score (nSPS) is 21.1. The van der Waals surface area contributed by atoms with E-state index in [0.29, 0.717) is 30.0 Å². The summed E-state index contributed by atoms with van der Waals surface area (Å²) in [5, 5.41) is 6.81. The summed E-state index contributed by atoms with van der Waals surface area (Å²) in [5.41, 5.74) is 0.128. The van der Waals surface area contributed by atoms with Crippen molar-refractivity contribution in [1.82, 2.24) is 20.1 Å². The van der Waals surface area contributed by atoms with Gasteiger partial charge in [-0.05, 0) is 24.6 Å². The number of anilines is 3. The molecule has 7 rings (SSSR count). The number of halogens is 3. The number of alkyl halides is 2. The van der Waals surface area contributed by atoms with Gasteiger partial charge in [0.05, 0.1) is 17.8 Å². The number of aromatic nitrogens is 3. The van der Waals surface area contributed by atoms with E-state index < -0.39 is 29.0 Å². The summed E-state index contributed by atoms with van der Waals surface area (Å²) < 4.78 is 45.9. The molecule has 2 atom stereocenters. The smallest absolute Gasteiger partial charge is 0.314 e. The highest BCUT2D eigenvalue weighted by molar-refractivity contribution is 8.00. The van der Waals surface area contributed by atoms with Crippen LogP contribution in [-0.2, 0) is 6.54 Å². The van der Waals surface area contributed by atoms with Crippen LogP contribution in [0.2, 0.25) is 0 Å². The molecule has 2 bridgehead atoms. The lowest BCUT2D eigenvalue weighted by molar-refractivity contribution is 0.116. The SMILES string of the molecule is O=c1c(N(Cc2ncc(-c3nnc(C(F)F)o3)cc2F)c2ccccc2)c(N2C[C@@H]3C[C@H]2CN3C2CSC2)c1=O. The quantitative estimate of drug-likeness (QED) is 0.294. The van der Waals surface area contributed by atoms with Crippen LogP contribution in [0.1, 0.15) is 24.4 Å². The molecule has 4 aromatic rings. The summed E-state index contributed by atoms with van der Waals surface area (Å²) in [6.07, 6.45) is -0.750. The number of hydrogen-bond acceptors (Lipinski definition) is 10. The van der Waals surface area contributed by atoms with E-state index in [2.05, 4.69) is 25.0 Å². The number of pyridine rings is 1. The number of piperazine rings is 1. The molecule has 3 aliphatic rings. The zero-order valence-corrected chi connectivity index (χ0v) is 21.9. The van der Waals surface area contributed by atoms with Crippen molar-refractivity contribution in [2.75, 3.05) is 34.4 Å². The largest absolute Gasteiger partial charge is 0.415 e. The van der Waals surface area contributed by atoms with E-state index >= 15 is 4.39 Å². The Balaban J connectivity index is 1.20. The number of rotatable bonds is 8. The van der Waals surface area contributed by atoms with Crippen LogP contribution < -0.4 is 20.7 Å². The fourth-order valence-electron chi connectivity index (χ4n) is 5.91. The monoisotopic (exact) mass is 568 g/mol. The zero-order valence-electron chi connectivity index (χ0n) is 21.0. The standard InChI is InChI=1S/C27H23F3N6O3S/c28-19-6-14(26-32-33-27(39-26)25(29)30)8-31-20(19)11-36(15-4-2-1-3-5-15)22-21(23(37)24(22)38)35-10-16-7-17(35)9-34(16)18-12-40-13-18/h1-6,8,16-18,25H,7,9-13H2/t16-,17-/m0/s1. The molecule has 0 N–H and O–H groups in total. The van der Waals surface area contributed by atoms with Gasteiger partial charge in [-0.1, -0.05) is 18.2 Å². The van der Waals surface area contributed by atoms with Crippen molar-refractivity contribution >= 4 is 28.8 Å². The van der Waals surface area contributed by atoms with Crippen molar-refractivity contribution < 1.29 is 17.6 Å². The van der Waals surface area contributed by atoms with Crippen LogP contribution >= 0.6 is 11.8 Å². The van der Waals surface area contributed by atoms with Crippen LogP contribution in [0.4, 0.5) is 30.2 Å². The number of fused-ring (bicyclic) bond motifs is 2. The minimum Gasteiger partial charge on any atom is -0.415 e. The molecule has 0 aliphatic carbocycles. The topological polar surface area (TPSA) is 95.7 Å². The Labute approximate surface area is 230 Å². The Hall–Kier alpha value is -3.71. The summed E-state index contributed by atoms with van der Waals surface area (Å²) >= 11 is 1.94. The van der Waals surface area contributed by atoms with Crippen molar-refractivity contribution in [1.29, 1.82) is 0 Å². The molecule has 206 valence electrons.